The van der Waals surface area contributed by atoms with Gasteiger partial charge in [-0.3, -0.25) is 4.99 Å². The highest BCUT2D eigenvalue weighted by molar-refractivity contribution is 8.13. The molecule has 4 heteroatoms. The van der Waals surface area contributed by atoms with Crippen LogP contribution in [-0.4, -0.2) is 34.5 Å². The minimum atomic E-state index is 0.472. The van der Waals surface area contributed by atoms with Gasteiger partial charge in [-0.25, -0.2) is 0 Å². The van der Waals surface area contributed by atoms with E-state index in [1.54, 1.807) is 0 Å². The number of nitrogens with one attached hydrogen (secondary N) is 1. The Morgan fingerprint density at radius 2 is 2.29 bits per heavy atom. The summed E-state index contributed by atoms with van der Waals surface area (Å²) in [6.07, 6.45) is 7.60. The van der Waals surface area contributed by atoms with Gasteiger partial charge in [-0.15, -0.1) is 0 Å². The number of hydrogen-bond acceptors (Lipinski definition) is 3. The van der Waals surface area contributed by atoms with E-state index in [9.17, 15) is 0 Å². The van der Waals surface area contributed by atoms with Crippen molar-refractivity contribution in [2.45, 2.75) is 50.3 Å². The van der Waals surface area contributed by atoms with Crippen LogP contribution < -0.4 is 5.32 Å². The Kier molecular flexibility index (Phi) is 4.70. The quantitative estimate of drug-likeness (QED) is 0.849. The molecule has 0 radical (unpaired) electrons. The van der Waals surface area contributed by atoms with Crippen LogP contribution in [0.5, 0.6) is 0 Å². The minimum Gasteiger partial charge on any atom is -0.362 e. The maximum absolute atomic E-state index is 4.83. The zero-order valence-electron chi connectivity index (χ0n) is 11.2. The van der Waals surface area contributed by atoms with E-state index in [1.807, 2.05) is 23.5 Å². The molecule has 0 aromatic carbocycles. The standard InChI is InChI=1S/C13H24N2S2/c1-10(2)11-5-8-17-12(15-11)14-9-13(16-3)6-4-7-13/h10-11H,4-9H2,1-3H3,(H,14,15). The summed E-state index contributed by atoms with van der Waals surface area (Å²) < 4.78 is 0.472. The molecule has 2 fully saturated rings. The van der Waals surface area contributed by atoms with Crippen molar-refractivity contribution < 1.29 is 0 Å². The van der Waals surface area contributed by atoms with Crippen molar-refractivity contribution in [3.05, 3.63) is 0 Å². The topological polar surface area (TPSA) is 24.4 Å². The molecule has 1 saturated carbocycles. The summed E-state index contributed by atoms with van der Waals surface area (Å²) in [5, 5.41) is 4.79. The third-order valence-electron chi connectivity index (χ3n) is 3.99. The summed E-state index contributed by atoms with van der Waals surface area (Å²) in [4.78, 5) is 4.83. The van der Waals surface area contributed by atoms with Crippen LogP contribution in [0, 0.1) is 5.92 Å². The molecule has 2 aliphatic rings. The molecule has 1 aliphatic heterocycles. The van der Waals surface area contributed by atoms with Crippen LogP contribution in [0.4, 0.5) is 0 Å². The summed E-state index contributed by atoms with van der Waals surface area (Å²) in [6, 6.07) is 0.627. The number of aliphatic imine (C=N–C) groups is 1. The van der Waals surface area contributed by atoms with Crippen molar-refractivity contribution in [1.29, 1.82) is 0 Å². The monoisotopic (exact) mass is 272 g/mol. The van der Waals surface area contributed by atoms with E-state index in [4.69, 9.17) is 4.99 Å². The number of rotatable bonds is 4. The van der Waals surface area contributed by atoms with Gasteiger partial charge in [0, 0.05) is 16.5 Å². The second-order valence-corrected chi connectivity index (χ2v) is 7.85. The Balaban J connectivity index is 1.88. The third kappa shape index (κ3) is 3.34. The van der Waals surface area contributed by atoms with Gasteiger partial charge in [0.2, 0.25) is 0 Å². The van der Waals surface area contributed by atoms with Gasteiger partial charge in [0.1, 0.15) is 0 Å². The van der Waals surface area contributed by atoms with Crippen molar-refractivity contribution in [2.75, 3.05) is 18.6 Å². The molecule has 1 aliphatic carbocycles. The van der Waals surface area contributed by atoms with Crippen molar-refractivity contribution >= 4 is 28.7 Å². The van der Waals surface area contributed by atoms with Crippen LogP contribution in [0.2, 0.25) is 0 Å². The van der Waals surface area contributed by atoms with Gasteiger partial charge in [0.15, 0.2) is 5.17 Å². The molecule has 0 aromatic heterocycles. The zero-order chi connectivity index (χ0) is 12.3. The van der Waals surface area contributed by atoms with Gasteiger partial charge in [-0.05, 0) is 31.4 Å². The van der Waals surface area contributed by atoms with E-state index < -0.39 is 0 Å². The summed E-state index contributed by atoms with van der Waals surface area (Å²) in [6.45, 7) is 5.59. The predicted octanol–water partition coefficient (Wildman–Crippen LogP) is 3.38. The van der Waals surface area contributed by atoms with Crippen molar-refractivity contribution in [1.82, 2.24) is 5.32 Å². The summed E-state index contributed by atoms with van der Waals surface area (Å²) in [5.74, 6) is 1.93. The van der Waals surface area contributed by atoms with Crippen molar-refractivity contribution in [3.8, 4) is 0 Å². The molecule has 0 spiro atoms. The Labute approximate surface area is 114 Å². The number of nitrogens with zero attached hydrogens (tertiary/aromatic N) is 1. The lowest BCUT2D eigenvalue weighted by molar-refractivity contribution is 0.372. The molecule has 1 N–H and O–H groups in total. The van der Waals surface area contributed by atoms with Gasteiger partial charge in [0.25, 0.3) is 0 Å². The highest BCUT2D eigenvalue weighted by Crippen LogP contribution is 2.43. The smallest absolute Gasteiger partial charge is 0.156 e. The first kappa shape index (κ1) is 13.6. The van der Waals surface area contributed by atoms with E-state index in [1.165, 1.54) is 36.6 Å². The highest BCUT2D eigenvalue weighted by Gasteiger charge is 2.36. The van der Waals surface area contributed by atoms with Crippen LogP contribution >= 0.6 is 23.5 Å². The van der Waals surface area contributed by atoms with E-state index in [-0.39, 0.29) is 0 Å². The van der Waals surface area contributed by atoms with Crippen LogP contribution in [0.25, 0.3) is 0 Å². The predicted molar refractivity (Wildman–Crippen MR) is 81.2 cm³/mol. The first-order valence-corrected chi connectivity index (χ1v) is 8.85. The second kappa shape index (κ2) is 5.87. The summed E-state index contributed by atoms with van der Waals surface area (Å²) >= 11 is 3.91. The molecule has 2 nitrogen and oxygen atoms in total. The molecule has 1 saturated heterocycles. The largest absolute Gasteiger partial charge is 0.362 e. The lowest BCUT2D eigenvalue weighted by Crippen LogP contribution is -2.43. The SMILES string of the molecule is CSC1(CN=C2NC(C(C)C)CCS2)CCC1. The third-order valence-corrected chi connectivity index (χ3v) is 6.35. The molecule has 1 unspecified atom stereocenters. The van der Waals surface area contributed by atoms with Gasteiger partial charge in [0.05, 0.1) is 6.54 Å². The maximum atomic E-state index is 4.83. The molecule has 2 rings (SSSR count). The number of amidine groups is 1. The summed E-state index contributed by atoms with van der Waals surface area (Å²) in [5.41, 5.74) is 0. The fraction of sp³-hybridized carbons (Fsp3) is 0.923. The Morgan fingerprint density at radius 3 is 2.82 bits per heavy atom. The Bertz CT molecular complexity index is 280. The van der Waals surface area contributed by atoms with E-state index >= 15 is 0 Å². The van der Waals surface area contributed by atoms with Gasteiger partial charge in [-0.1, -0.05) is 32.0 Å². The molecular formula is C13H24N2S2. The lowest BCUT2D eigenvalue weighted by atomic mass is 9.84. The van der Waals surface area contributed by atoms with E-state index in [0.717, 1.165) is 6.54 Å². The van der Waals surface area contributed by atoms with Gasteiger partial charge < -0.3 is 5.32 Å². The molecule has 98 valence electrons. The fourth-order valence-electron chi connectivity index (χ4n) is 2.36. The Hall–Kier alpha value is 0.170. The average molecular weight is 272 g/mol. The number of hydrogen-bond donors (Lipinski definition) is 1. The van der Waals surface area contributed by atoms with Gasteiger partial charge in [-0.2, -0.15) is 11.8 Å². The minimum absolute atomic E-state index is 0.472. The van der Waals surface area contributed by atoms with Crippen LogP contribution in [0.15, 0.2) is 4.99 Å². The zero-order valence-corrected chi connectivity index (χ0v) is 12.8. The molecule has 17 heavy (non-hydrogen) atoms. The van der Waals surface area contributed by atoms with Crippen LogP contribution in [-0.2, 0) is 0 Å². The number of thioether (sulfide) groups is 2. The molecule has 1 atom stereocenters. The Morgan fingerprint density at radius 1 is 1.53 bits per heavy atom. The molecular weight excluding hydrogens is 248 g/mol. The first-order valence-electron chi connectivity index (χ1n) is 6.64. The van der Waals surface area contributed by atoms with Crippen LogP contribution in [0.3, 0.4) is 0 Å². The molecule has 0 amide bonds. The van der Waals surface area contributed by atoms with Crippen molar-refractivity contribution in [3.63, 3.8) is 0 Å². The van der Waals surface area contributed by atoms with Crippen LogP contribution in [0.1, 0.15) is 39.5 Å². The van der Waals surface area contributed by atoms with Gasteiger partial charge >= 0.3 is 0 Å². The second-order valence-electron chi connectivity index (χ2n) is 5.49. The fourth-order valence-corrected chi connectivity index (χ4v) is 4.21. The molecule has 1 heterocycles. The molecule has 0 aromatic rings. The lowest BCUT2D eigenvalue weighted by Gasteiger charge is -2.39. The average Bonchev–Trinajstić information content (AvgIpc) is 2.28. The maximum Gasteiger partial charge on any atom is 0.156 e. The van der Waals surface area contributed by atoms with E-state index in [0.29, 0.717) is 16.7 Å². The van der Waals surface area contributed by atoms with Crippen molar-refractivity contribution in [2.24, 2.45) is 10.9 Å². The normalized spacial score (nSPS) is 30.1. The molecule has 0 bridgehead atoms. The highest BCUT2D eigenvalue weighted by atomic mass is 32.2. The van der Waals surface area contributed by atoms with E-state index in [2.05, 4.69) is 25.4 Å². The first-order chi connectivity index (χ1) is 8.15. The summed E-state index contributed by atoms with van der Waals surface area (Å²) in [7, 11) is 0.